The quantitative estimate of drug-likeness (QED) is 0.662. The Balaban J connectivity index is 1.61. The number of nitrogens with zero attached hydrogens (tertiary/aromatic N) is 1. The van der Waals surface area contributed by atoms with Gasteiger partial charge in [-0.2, -0.15) is 0 Å². The minimum Gasteiger partial charge on any atom is -0.494 e. The zero-order valence-corrected chi connectivity index (χ0v) is 16.1. The number of carbonyl (C=O) groups excluding carboxylic acids is 1. The predicted molar refractivity (Wildman–Crippen MR) is 111 cm³/mol. The van der Waals surface area contributed by atoms with Gasteiger partial charge in [0.1, 0.15) is 5.75 Å². The Labute approximate surface area is 160 Å². The third-order valence-electron chi connectivity index (χ3n) is 4.72. The van der Waals surface area contributed by atoms with Gasteiger partial charge in [0.25, 0.3) is 0 Å². The molecule has 0 aliphatic carbocycles. The Kier molecular flexibility index (Phi) is 6.09. The highest BCUT2D eigenvalue weighted by molar-refractivity contribution is 5.97. The lowest BCUT2D eigenvalue weighted by atomic mass is 10.1. The van der Waals surface area contributed by atoms with Gasteiger partial charge in [-0.1, -0.05) is 42.5 Å². The highest BCUT2D eigenvalue weighted by Gasteiger charge is 2.18. The van der Waals surface area contributed by atoms with Crippen molar-refractivity contribution in [2.75, 3.05) is 19.0 Å². The van der Waals surface area contributed by atoms with E-state index in [1.807, 2.05) is 86.5 Å². The smallest absolute Gasteiger partial charge is 0.241 e. The van der Waals surface area contributed by atoms with E-state index in [2.05, 4.69) is 11.4 Å². The van der Waals surface area contributed by atoms with Crippen molar-refractivity contribution in [2.24, 2.45) is 0 Å². The number of benzene rings is 3. The van der Waals surface area contributed by atoms with Crippen LogP contribution < -0.4 is 10.1 Å². The van der Waals surface area contributed by atoms with E-state index in [1.165, 1.54) is 0 Å². The van der Waals surface area contributed by atoms with E-state index in [1.54, 1.807) is 0 Å². The van der Waals surface area contributed by atoms with Gasteiger partial charge in [-0.15, -0.1) is 0 Å². The first-order chi connectivity index (χ1) is 13.1. The highest BCUT2D eigenvalue weighted by Crippen LogP contribution is 2.19. The van der Waals surface area contributed by atoms with E-state index in [0.717, 1.165) is 27.8 Å². The van der Waals surface area contributed by atoms with Crippen molar-refractivity contribution >= 4 is 22.4 Å². The summed E-state index contributed by atoms with van der Waals surface area (Å²) in [5, 5.41) is 5.31. The molecule has 0 aliphatic heterocycles. The molecule has 0 aromatic heterocycles. The summed E-state index contributed by atoms with van der Waals surface area (Å²) in [4.78, 5) is 14.7. The molecule has 3 aromatic rings. The molecule has 0 heterocycles. The van der Waals surface area contributed by atoms with Crippen molar-refractivity contribution in [2.45, 2.75) is 26.4 Å². The monoisotopic (exact) mass is 362 g/mol. The van der Waals surface area contributed by atoms with Gasteiger partial charge in [0.05, 0.1) is 12.6 Å². The van der Waals surface area contributed by atoms with Crippen LogP contribution in [0, 0.1) is 0 Å². The number of hydrogen-bond donors (Lipinski definition) is 1. The number of likely N-dealkylation sites (N-methyl/N-ethyl adjacent to an activating group) is 1. The maximum absolute atomic E-state index is 12.6. The minimum absolute atomic E-state index is 0.0151. The molecule has 0 bridgehead atoms. The maximum atomic E-state index is 12.6. The van der Waals surface area contributed by atoms with Gasteiger partial charge in [-0.05, 0) is 61.5 Å². The van der Waals surface area contributed by atoms with Crippen molar-refractivity contribution in [3.05, 3.63) is 72.3 Å². The van der Waals surface area contributed by atoms with E-state index >= 15 is 0 Å². The van der Waals surface area contributed by atoms with Crippen LogP contribution in [0.1, 0.15) is 19.4 Å². The third kappa shape index (κ3) is 4.86. The second kappa shape index (κ2) is 8.69. The lowest BCUT2D eigenvalue weighted by molar-refractivity contribution is -0.120. The first-order valence-electron chi connectivity index (χ1n) is 9.28. The molecule has 0 radical (unpaired) electrons. The third-order valence-corrected chi connectivity index (χ3v) is 4.72. The standard InChI is InChI=1S/C23H26N2O2/c1-4-27-22-13-9-18(10-14-22)16-25(3)17(2)23(26)24-21-12-11-19-7-5-6-8-20(19)15-21/h5-15,17H,4,16H2,1-3H3,(H,24,26). The topological polar surface area (TPSA) is 41.6 Å². The molecule has 1 amide bonds. The van der Waals surface area contributed by atoms with Gasteiger partial charge in [0, 0.05) is 12.2 Å². The van der Waals surface area contributed by atoms with Gasteiger partial charge in [-0.3, -0.25) is 9.69 Å². The molecule has 0 spiro atoms. The van der Waals surface area contributed by atoms with Gasteiger partial charge >= 0.3 is 0 Å². The average molecular weight is 362 g/mol. The van der Waals surface area contributed by atoms with Crippen LogP contribution in [0.2, 0.25) is 0 Å². The fraction of sp³-hybridized carbons (Fsp3) is 0.261. The van der Waals surface area contributed by atoms with Crippen LogP contribution in [0.3, 0.4) is 0 Å². The first kappa shape index (κ1) is 18.9. The number of fused-ring (bicyclic) bond motifs is 1. The van der Waals surface area contributed by atoms with Crippen molar-refractivity contribution in [1.82, 2.24) is 4.90 Å². The predicted octanol–water partition coefficient (Wildman–Crippen LogP) is 4.70. The van der Waals surface area contributed by atoms with Gasteiger partial charge < -0.3 is 10.1 Å². The number of hydrogen-bond acceptors (Lipinski definition) is 3. The number of nitrogens with one attached hydrogen (secondary N) is 1. The molecule has 0 fully saturated rings. The highest BCUT2D eigenvalue weighted by atomic mass is 16.5. The molecule has 27 heavy (non-hydrogen) atoms. The van der Waals surface area contributed by atoms with Crippen molar-refractivity contribution in [3.63, 3.8) is 0 Å². The molecular formula is C23H26N2O2. The van der Waals surface area contributed by atoms with Crippen LogP contribution in [0.25, 0.3) is 10.8 Å². The molecule has 1 N–H and O–H groups in total. The largest absolute Gasteiger partial charge is 0.494 e. The maximum Gasteiger partial charge on any atom is 0.241 e. The molecule has 0 saturated heterocycles. The van der Waals surface area contributed by atoms with Gasteiger partial charge in [0.15, 0.2) is 0 Å². The Hall–Kier alpha value is -2.85. The summed E-state index contributed by atoms with van der Waals surface area (Å²) >= 11 is 0. The fourth-order valence-corrected chi connectivity index (χ4v) is 3.00. The lowest BCUT2D eigenvalue weighted by Gasteiger charge is -2.24. The number of anilines is 1. The van der Waals surface area contributed by atoms with Gasteiger partial charge in [0.2, 0.25) is 5.91 Å². The van der Waals surface area contributed by atoms with Crippen LogP contribution >= 0.6 is 0 Å². The average Bonchev–Trinajstić information content (AvgIpc) is 2.69. The number of carbonyl (C=O) groups is 1. The van der Waals surface area contributed by atoms with Crippen LogP contribution in [0.4, 0.5) is 5.69 Å². The zero-order valence-electron chi connectivity index (χ0n) is 16.1. The first-order valence-corrected chi connectivity index (χ1v) is 9.28. The summed E-state index contributed by atoms with van der Waals surface area (Å²) in [6.45, 7) is 5.24. The molecule has 0 saturated carbocycles. The number of rotatable bonds is 7. The van der Waals surface area contributed by atoms with Crippen LogP contribution in [-0.4, -0.2) is 30.5 Å². The van der Waals surface area contributed by atoms with E-state index < -0.39 is 0 Å². The van der Waals surface area contributed by atoms with Gasteiger partial charge in [-0.25, -0.2) is 0 Å². The Bertz CT molecular complexity index is 906. The Morgan fingerprint density at radius 1 is 1.04 bits per heavy atom. The van der Waals surface area contributed by atoms with Crippen LogP contribution in [-0.2, 0) is 11.3 Å². The zero-order chi connectivity index (χ0) is 19.2. The van der Waals surface area contributed by atoms with Crippen LogP contribution in [0.15, 0.2) is 66.7 Å². The van der Waals surface area contributed by atoms with Crippen molar-refractivity contribution in [1.29, 1.82) is 0 Å². The Morgan fingerprint density at radius 3 is 2.44 bits per heavy atom. The SMILES string of the molecule is CCOc1ccc(CN(C)C(C)C(=O)Nc2ccc3ccccc3c2)cc1. The molecule has 4 heteroatoms. The van der Waals surface area contributed by atoms with Crippen molar-refractivity contribution < 1.29 is 9.53 Å². The van der Waals surface area contributed by atoms with E-state index in [9.17, 15) is 4.79 Å². The molecule has 0 aliphatic rings. The molecular weight excluding hydrogens is 336 g/mol. The van der Waals surface area contributed by atoms with E-state index in [0.29, 0.717) is 13.2 Å². The van der Waals surface area contributed by atoms with E-state index in [-0.39, 0.29) is 11.9 Å². The lowest BCUT2D eigenvalue weighted by Crippen LogP contribution is -2.39. The molecule has 1 atom stereocenters. The molecule has 3 aromatic carbocycles. The second-order valence-corrected chi connectivity index (χ2v) is 6.72. The van der Waals surface area contributed by atoms with Crippen molar-refractivity contribution in [3.8, 4) is 5.75 Å². The summed E-state index contributed by atoms with van der Waals surface area (Å²) in [7, 11) is 1.96. The second-order valence-electron chi connectivity index (χ2n) is 6.72. The molecule has 4 nitrogen and oxygen atoms in total. The molecule has 1 unspecified atom stereocenters. The normalized spacial score (nSPS) is 12.1. The fourth-order valence-electron chi connectivity index (χ4n) is 3.00. The summed E-state index contributed by atoms with van der Waals surface area (Å²) in [6, 6.07) is 21.9. The van der Waals surface area contributed by atoms with E-state index in [4.69, 9.17) is 4.74 Å². The number of amides is 1. The molecule has 3 rings (SSSR count). The minimum atomic E-state index is -0.247. The van der Waals surface area contributed by atoms with Crippen LogP contribution in [0.5, 0.6) is 5.75 Å². The summed E-state index contributed by atoms with van der Waals surface area (Å²) < 4.78 is 5.47. The summed E-state index contributed by atoms with van der Waals surface area (Å²) in [5.41, 5.74) is 1.96. The summed E-state index contributed by atoms with van der Waals surface area (Å²) in [5.74, 6) is 0.852. The summed E-state index contributed by atoms with van der Waals surface area (Å²) in [6.07, 6.45) is 0. The molecule has 140 valence electrons. The number of ether oxygens (including phenoxy) is 1. The Morgan fingerprint density at radius 2 is 1.74 bits per heavy atom.